The number of carboxylic acid groups (broad SMARTS) is 1. The summed E-state index contributed by atoms with van der Waals surface area (Å²) >= 11 is 12.1. The summed E-state index contributed by atoms with van der Waals surface area (Å²) in [6, 6.07) is 7.11. The maximum absolute atomic E-state index is 13.3. The zero-order chi connectivity index (χ0) is 27.1. The van der Waals surface area contributed by atoms with Gasteiger partial charge < -0.3 is 15.2 Å². The van der Waals surface area contributed by atoms with Crippen molar-refractivity contribution in [3.63, 3.8) is 0 Å². The Morgan fingerprint density at radius 1 is 1.19 bits per heavy atom. The fourth-order valence-electron chi connectivity index (χ4n) is 3.73. The summed E-state index contributed by atoms with van der Waals surface area (Å²) < 4.78 is 20.0. The van der Waals surface area contributed by atoms with Crippen molar-refractivity contribution in [1.82, 2.24) is 14.9 Å². The zero-order valence-electron chi connectivity index (χ0n) is 19.7. The van der Waals surface area contributed by atoms with Crippen LogP contribution in [0, 0.1) is 0 Å². The van der Waals surface area contributed by atoms with Crippen LogP contribution in [0.1, 0.15) is 38.6 Å². The smallest absolute Gasteiger partial charge is 0.303 e. The minimum Gasteiger partial charge on any atom is -0.481 e. The second kappa shape index (κ2) is 12.6. The number of nitrogens with zero attached hydrogens (tertiary/aromatic N) is 2. The predicted molar refractivity (Wildman–Crippen MR) is 136 cm³/mol. The van der Waals surface area contributed by atoms with Gasteiger partial charge in [-0.3, -0.25) is 23.7 Å². The number of carboxylic acids is 1. The monoisotopic (exact) mass is 551 g/mol. The summed E-state index contributed by atoms with van der Waals surface area (Å²) in [6.45, 7) is 0.353. The molecule has 0 fully saturated rings. The lowest BCUT2D eigenvalue weighted by atomic mass is 10.0. The van der Waals surface area contributed by atoms with Crippen LogP contribution in [-0.4, -0.2) is 45.0 Å². The van der Waals surface area contributed by atoms with Gasteiger partial charge in [-0.2, -0.15) is 0 Å². The molecule has 12 heteroatoms. The van der Waals surface area contributed by atoms with Gasteiger partial charge in [0.15, 0.2) is 5.78 Å². The Morgan fingerprint density at radius 2 is 1.95 bits per heavy atom. The van der Waals surface area contributed by atoms with E-state index in [1.54, 1.807) is 31.2 Å². The number of amides is 1. The normalized spacial score (nSPS) is 12.6. The van der Waals surface area contributed by atoms with Gasteiger partial charge >= 0.3 is 5.97 Å². The Bertz CT molecular complexity index is 1380. The summed E-state index contributed by atoms with van der Waals surface area (Å²) in [5.41, 5.74) is -0.163. The van der Waals surface area contributed by atoms with Gasteiger partial charge in [-0.05, 0) is 55.7 Å². The lowest BCUT2D eigenvalue weighted by Gasteiger charge is -2.22. The first-order valence-corrected chi connectivity index (χ1v) is 12.1. The summed E-state index contributed by atoms with van der Waals surface area (Å²) in [6.07, 6.45) is 1.19. The molecule has 0 radical (unpaired) electrons. The number of aromatic nitrogens is 2. The molecule has 1 unspecified atom stereocenters. The predicted octanol–water partition coefficient (Wildman–Crippen LogP) is 4.73. The van der Waals surface area contributed by atoms with Crippen molar-refractivity contribution in [1.29, 1.82) is 0 Å². The Labute approximate surface area is 221 Å². The highest BCUT2D eigenvalue weighted by molar-refractivity contribution is 6.35. The highest BCUT2D eigenvalue weighted by Crippen LogP contribution is 2.32. The maximum Gasteiger partial charge on any atom is 0.303 e. The summed E-state index contributed by atoms with van der Waals surface area (Å²) in [5, 5.41) is 12.2. The first-order chi connectivity index (χ1) is 17.6. The van der Waals surface area contributed by atoms with Gasteiger partial charge in [0.25, 0.3) is 5.56 Å². The number of hydrogen-bond donors (Lipinski definition) is 2. The molecule has 0 saturated carbocycles. The third kappa shape index (κ3) is 7.05. The number of alkyl halides is 1. The molecule has 9 nitrogen and oxygen atoms in total. The number of nitrogens with one attached hydrogen (secondary N) is 1. The van der Waals surface area contributed by atoms with Crippen molar-refractivity contribution in [2.45, 2.75) is 44.7 Å². The van der Waals surface area contributed by atoms with E-state index in [2.05, 4.69) is 10.3 Å². The van der Waals surface area contributed by atoms with E-state index < -0.39 is 42.0 Å². The Balaban J connectivity index is 1.88. The SMILES string of the molecule is CC[C@@H](C(=O)NC(CCCC(=O)O)C(=O)CF)n1cnc2ccc(Oc3ccc(Cl)cc3Cl)cc2c1=O. The lowest BCUT2D eigenvalue weighted by Crippen LogP contribution is -2.46. The van der Waals surface area contributed by atoms with Gasteiger partial charge in [0.05, 0.1) is 28.3 Å². The fraction of sp³-hybridized carbons (Fsp3) is 0.320. The van der Waals surface area contributed by atoms with E-state index >= 15 is 0 Å². The highest BCUT2D eigenvalue weighted by atomic mass is 35.5. The number of aliphatic carboxylic acids is 1. The molecule has 196 valence electrons. The number of ketones is 1. The molecular weight excluding hydrogens is 528 g/mol. The van der Waals surface area contributed by atoms with E-state index in [1.807, 2.05) is 0 Å². The van der Waals surface area contributed by atoms with E-state index in [9.17, 15) is 23.6 Å². The van der Waals surface area contributed by atoms with Crippen LogP contribution in [0.5, 0.6) is 11.5 Å². The third-order valence-electron chi connectivity index (χ3n) is 5.62. The first kappa shape index (κ1) is 28.1. The largest absolute Gasteiger partial charge is 0.481 e. The number of benzene rings is 2. The van der Waals surface area contributed by atoms with Crippen molar-refractivity contribution < 1.29 is 28.6 Å². The number of rotatable bonds is 12. The molecule has 0 saturated heterocycles. The second-order valence-electron chi connectivity index (χ2n) is 8.18. The highest BCUT2D eigenvalue weighted by Gasteiger charge is 2.27. The average Bonchev–Trinajstić information content (AvgIpc) is 2.86. The zero-order valence-corrected chi connectivity index (χ0v) is 21.3. The number of hydrogen-bond acceptors (Lipinski definition) is 6. The number of halogens is 3. The van der Waals surface area contributed by atoms with Crippen LogP contribution in [0.3, 0.4) is 0 Å². The number of carbonyl (C=O) groups is 3. The fourth-order valence-corrected chi connectivity index (χ4v) is 4.17. The number of Topliss-reactive ketones (excluding diaryl/α,β-unsaturated/α-hetero) is 1. The standard InChI is InChI=1S/C25H24Cl2FN3O6/c1-2-20(24(35)30-19(21(32)12-28)4-3-5-23(33)34)31-13-29-18-8-7-15(11-16(18)25(31)36)37-22-9-6-14(26)10-17(22)27/h6-11,13,19-20H,2-5,12H2,1H3,(H,30,35)(H,33,34)/t19?,20-/m0/s1. The molecule has 2 atom stereocenters. The van der Waals surface area contributed by atoms with Gasteiger partial charge in [-0.1, -0.05) is 30.1 Å². The maximum atomic E-state index is 13.3. The molecule has 0 aliphatic carbocycles. The van der Waals surface area contributed by atoms with E-state index in [4.69, 9.17) is 33.0 Å². The summed E-state index contributed by atoms with van der Waals surface area (Å²) in [5.74, 6) is -2.00. The van der Waals surface area contributed by atoms with Crippen molar-refractivity contribution >= 4 is 51.8 Å². The molecule has 37 heavy (non-hydrogen) atoms. The van der Waals surface area contributed by atoms with Crippen LogP contribution in [0.4, 0.5) is 4.39 Å². The average molecular weight is 552 g/mol. The summed E-state index contributed by atoms with van der Waals surface area (Å²) in [7, 11) is 0. The van der Waals surface area contributed by atoms with Crippen LogP contribution < -0.4 is 15.6 Å². The third-order valence-corrected chi connectivity index (χ3v) is 6.15. The van der Waals surface area contributed by atoms with Crippen LogP contribution in [-0.2, 0) is 14.4 Å². The van der Waals surface area contributed by atoms with Crippen LogP contribution in [0.25, 0.3) is 10.9 Å². The van der Waals surface area contributed by atoms with Crippen molar-refractivity contribution in [3.05, 3.63) is 63.1 Å². The Kier molecular flexibility index (Phi) is 9.60. The van der Waals surface area contributed by atoms with E-state index in [1.165, 1.54) is 18.5 Å². The second-order valence-corrected chi connectivity index (χ2v) is 9.03. The van der Waals surface area contributed by atoms with Crippen LogP contribution in [0.15, 0.2) is 47.5 Å². The van der Waals surface area contributed by atoms with Gasteiger partial charge in [-0.15, -0.1) is 0 Å². The Morgan fingerprint density at radius 3 is 2.59 bits per heavy atom. The van der Waals surface area contributed by atoms with Crippen molar-refractivity contribution in [3.8, 4) is 11.5 Å². The number of ether oxygens (including phenoxy) is 1. The van der Waals surface area contributed by atoms with E-state index in [0.717, 1.165) is 4.57 Å². The first-order valence-electron chi connectivity index (χ1n) is 11.4. The Hall–Kier alpha value is -3.50. The van der Waals surface area contributed by atoms with Gasteiger partial charge in [0.2, 0.25) is 5.91 Å². The molecule has 2 aromatic carbocycles. The molecular formula is C25H24Cl2FN3O6. The summed E-state index contributed by atoms with van der Waals surface area (Å²) in [4.78, 5) is 53.4. The van der Waals surface area contributed by atoms with Gasteiger partial charge in [0, 0.05) is 11.4 Å². The number of carbonyl (C=O) groups excluding carboxylic acids is 2. The molecule has 2 N–H and O–H groups in total. The molecule has 1 aromatic heterocycles. The molecule has 0 spiro atoms. The van der Waals surface area contributed by atoms with E-state index in [0.29, 0.717) is 22.0 Å². The van der Waals surface area contributed by atoms with Crippen LogP contribution >= 0.6 is 23.2 Å². The van der Waals surface area contributed by atoms with Crippen LogP contribution in [0.2, 0.25) is 10.0 Å². The molecule has 3 aromatic rings. The molecule has 3 rings (SSSR count). The topological polar surface area (TPSA) is 128 Å². The minimum atomic E-state index is -1.31. The molecule has 0 aliphatic heterocycles. The molecule has 1 heterocycles. The van der Waals surface area contributed by atoms with E-state index in [-0.39, 0.29) is 36.1 Å². The quantitative estimate of drug-likeness (QED) is 0.333. The van der Waals surface area contributed by atoms with Crippen molar-refractivity contribution in [2.75, 3.05) is 6.67 Å². The lowest BCUT2D eigenvalue weighted by molar-refractivity contribution is -0.137. The minimum absolute atomic E-state index is 0.0456. The van der Waals surface area contributed by atoms with Crippen molar-refractivity contribution in [2.24, 2.45) is 0 Å². The van der Waals surface area contributed by atoms with Gasteiger partial charge in [-0.25, -0.2) is 9.37 Å². The molecule has 0 bridgehead atoms. The molecule has 1 amide bonds. The molecule has 0 aliphatic rings. The van der Waals surface area contributed by atoms with Gasteiger partial charge in [0.1, 0.15) is 24.2 Å². The number of fused-ring (bicyclic) bond motifs is 1.